The van der Waals surface area contributed by atoms with Gasteiger partial charge in [-0.1, -0.05) is 35.1 Å². The Hall–Kier alpha value is -1.50. The van der Waals surface area contributed by atoms with Gasteiger partial charge in [-0.25, -0.2) is 0 Å². The lowest BCUT2D eigenvalue weighted by Gasteiger charge is -2.22. The average Bonchev–Trinajstić information content (AvgIpc) is 3.02. The molecule has 0 saturated carbocycles. The number of carbonyl (C=O) groups excluding carboxylic acids is 1. The minimum Gasteiger partial charge on any atom is -0.335 e. The van der Waals surface area contributed by atoms with Gasteiger partial charge in [0.05, 0.1) is 36.6 Å². The first-order valence-electron chi connectivity index (χ1n) is 7.94. The summed E-state index contributed by atoms with van der Waals surface area (Å²) in [5.74, 6) is -0.250. The Morgan fingerprint density at radius 2 is 2.00 bits per heavy atom. The van der Waals surface area contributed by atoms with Crippen LogP contribution in [0.5, 0.6) is 0 Å². The molecule has 0 bridgehead atoms. The van der Waals surface area contributed by atoms with Crippen LogP contribution in [0.1, 0.15) is 34.6 Å². The SMILES string of the molecule is O=C(Nc1nnc(CC[NH+]2CCCCC2)s1)c1ccccc1Cl. The number of quaternary nitrogens is 1. The zero-order valence-electron chi connectivity index (χ0n) is 12.8. The predicted octanol–water partition coefficient (Wildman–Crippen LogP) is 2.06. The van der Waals surface area contributed by atoms with Gasteiger partial charge in [0.1, 0.15) is 5.01 Å². The van der Waals surface area contributed by atoms with Gasteiger partial charge in [0.25, 0.3) is 5.91 Å². The fourth-order valence-corrected chi connectivity index (χ4v) is 3.76. The summed E-state index contributed by atoms with van der Waals surface area (Å²) in [7, 11) is 0. The lowest BCUT2D eigenvalue weighted by Crippen LogP contribution is -3.13. The highest BCUT2D eigenvalue weighted by molar-refractivity contribution is 7.15. The lowest BCUT2D eigenvalue weighted by atomic mass is 10.1. The van der Waals surface area contributed by atoms with E-state index in [1.165, 1.54) is 43.7 Å². The van der Waals surface area contributed by atoms with Crippen LogP contribution in [0, 0.1) is 0 Å². The Bertz CT molecular complexity index is 670. The van der Waals surface area contributed by atoms with E-state index < -0.39 is 0 Å². The highest BCUT2D eigenvalue weighted by Gasteiger charge is 2.16. The summed E-state index contributed by atoms with van der Waals surface area (Å²) < 4.78 is 0. The molecule has 2 N–H and O–H groups in total. The highest BCUT2D eigenvalue weighted by atomic mass is 35.5. The first kappa shape index (κ1) is 16.4. The normalized spacial score (nSPS) is 15.5. The molecular weight excluding hydrogens is 332 g/mol. The second-order valence-electron chi connectivity index (χ2n) is 5.75. The third-order valence-electron chi connectivity index (χ3n) is 4.06. The first-order chi connectivity index (χ1) is 11.2. The van der Waals surface area contributed by atoms with E-state index in [0.717, 1.165) is 18.0 Å². The summed E-state index contributed by atoms with van der Waals surface area (Å²) >= 11 is 7.47. The van der Waals surface area contributed by atoms with Gasteiger partial charge in [0.15, 0.2) is 0 Å². The second-order valence-corrected chi connectivity index (χ2v) is 7.21. The third-order valence-corrected chi connectivity index (χ3v) is 5.29. The van der Waals surface area contributed by atoms with E-state index in [2.05, 4.69) is 15.5 Å². The standard InChI is InChI=1S/C16H19ClN4OS/c17-13-7-3-2-6-12(13)15(22)18-16-20-19-14(23-16)8-11-21-9-4-1-5-10-21/h2-3,6-7H,1,4-5,8-11H2,(H,18,20,22)/p+1. The van der Waals surface area contributed by atoms with Gasteiger partial charge in [-0.3, -0.25) is 10.1 Å². The third kappa shape index (κ3) is 4.50. The molecule has 0 atom stereocenters. The molecule has 1 aliphatic rings. The van der Waals surface area contributed by atoms with E-state index in [1.807, 2.05) is 0 Å². The highest BCUT2D eigenvalue weighted by Crippen LogP contribution is 2.19. The minimum absolute atomic E-state index is 0.250. The molecule has 1 fully saturated rings. The monoisotopic (exact) mass is 351 g/mol. The fraction of sp³-hybridized carbons (Fsp3) is 0.438. The number of likely N-dealkylation sites (tertiary alicyclic amines) is 1. The van der Waals surface area contributed by atoms with Crippen LogP contribution in [0.2, 0.25) is 5.02 Å². The Morgan fingerprint density at radius 1 is 1.22 bits per heavy atom. The molecule has 2 aromatic rings. The maximum Gasteiger partial charge on any atom is 0.259 e. The number of aromatic nitrogens is 2. The molecule has 3 rings (SSSR count). The molecule has 0 radical (unpaired) electrons. The summed E-state index contributed by atoms with van der Waals surface area (Å²) in [5, 5.41) is 12.9. The van der Waals surface area contributed by atoms with Gasteiger partial charge >= 0.3 is 0 Å². The van der Waals surface area contributed by atoms with Crippen LogP contribution in [0.4, 0.5) is 5.13 Å². The van der Waals surface area contributed by atoms with Gasteiger partial charge < -0.3 is 4.90 Å². The number of benzene rings is 1. The van der Waals surface area contributed by atoms with Crippen LogP contribution in [0.25, 0.3) is 0 Å². The summed E-state index contributed by atoms with van der Waals surface area (Å²) in [6.07, 6.45) is 4.92. The average molecular weight is 352 g/mol. The topological polar surface area (TPSA) is 59.3 Å². The molecular formula is C16H20ClN4OS+. The Labute approximate surface area is 144 Å². The number of hydrogen-bond donors (Lipinski definition) is 2. The number of halogens is 1. The smallest absolute Gasteiger partial charge is 0.259 e. The summed E-state index contributed by atoms with van der Waals surface area (Å²) in [5.41, 5.74) is 0.448. The molecule has 0 aliphatic carbocycles. The van der Waals surface area contributed by atoms with Gasteiger partial charge in [0.2, 0.25) is 5.13 Å². The van der Waals surface area contributed by atoms with E-state index in [9.17, 15) is 4.79 Å². The van der Waals surface area contributed by atoms with E-state index in [0.29, 0.717) is 15.7 Å². The van der Waals surface area contributed by atoms with Gasteiger partial charge in [0, 0.05) is 0 Å². The molecule has 7 heteroatoms. The van der Waals surface area contributed by atoms with Crippen molar-refractivity contribution in [3.8, 4) is 0 Å². The lowest BCUT2D eigenvalue weighted by molar-refractivity contribution is -0.904. The molecule has 1 saturated heterocycles. The molecule has 122 valence electrons. The van der Waals surface area contributed by atoms with Crippen LogP contribution in [0.3, 0.4) is 0 Å². The van der Waals surface area contributed by atoms with Crippen molar-refractivity contribution in [2.24, 2.45) is 0 Å². The molecule has 1 aromatic carbocycles. The van der Waals surface area contributed by atoms with Crippen molar-refractivity contribution in [3.63, 3.8) is 0 Å². The minimum atomic E-state index is -0.250. The maximum atomic E-state index is 12.2. The predicted molar refractivity (Wildman–Crippen MR) is 92.4 cm³/mol. The quantitative estimate of drug-likeness (QED) is 0.866. The van der Waals surface area contributed by atoms with E-state index in [4.69, 9.17) is 11.6 Å². The Morgan fingerprint density at radius 3 is 2.78 bits per heavy atom. The van der Waals surface area contributed by atoms with Crippen molar-refractivity contribution in [1.82, 2.24) is 10.2 Å². The molecule has 0 unspecified atom stereocenters. The molecule has 1 amide bonds. The number of carbonyl (C=O) groups is 1. The summed E-state index contributed by atoms with van der Waals surface area (Å²) in [6, 6.07) is 6.97. The molecule has 2 heterocycles. The Balaban J connectivity index is 1.54. The van der Waals surface area contributed by atoms with Gasteiger partial charge in [-0.05, 0) is 31.4 Å². The number of rotatable bonds is 5. The van der Waals surface area contributed by atoms with Crippen molar-refractivity contribution in [2.45, 2.75) is 25.7 Å². The van der Waals surface area contributed by atoms with E-state index in [1.54, 1.807) is 29.2 Å². The van der Waals surface area contributed by atoms with Crippen molar-refractivity contribution in [3.05, 3.63) is 39.9 Å². The van der Waals surface area contributed by atoms with Gasteiger partial charge in [-0.15, -0.1) is 10.2 Å². The van der Waals surface area contributed by atoms with Gasteiger partial charge in [-0.2, -0.15) is 0 Å². The van der Waals surface area contributed by atoms with Crippen LogP contribution in [-0.4, -0.2) is 35.7 Å². The van der Waals surface area contributed by atoms with E-state index >= 15 is 0 Å². The second kappa shape index (κ2) is 7.86. The molecule has 5 nitrogen and oxygen atoms in total. The van der Waals surface area contributed by atoms with Crippen LogP contribution >= 0.6 is 22.9 Å². The largest absolute Gasteiger partial charge is 0.335 e. The molecule has 0 spiro atoms. The number of anilines is 1. The summed E-state index contributed by atoms with van der Waals surface area (Å²) in [6.45, 7) is 3.61. The number of hydrogen-bond acceptors (Lipinski definition) is 4. The molecule has 23 heavy (non-hydrogen) atoms. The molecule has 1 aromatic heterocycles. The van der Waals surface area contributed by atoms with Crippen LogP contribution in [0.15, 0.2) is 24.3 Å². The Kier molecular flexibility index (Phi) is 5.59. The maximum absolute atomic E-state index is 12.2. The van der Waals surface area contributed by atoms with E-state index in [-0.39, 0.29) is 5.91 Å². The zero-order chi connectivity index (χ0) is 16.1. The van der Waals surface area contributed by atoms with Crippen molar-refractivity contribution in [2.75, 3.05) is 25.0 Å². The number of nitrogens with one attached hydrogen (secondary N) is 2. The van der Waals surface area contributed by atoms with Crippen LogP contribution < -0.4 is 10.2 Å². The molecule has 1 aliphatic heterocycles. The van der Waals surface area contributed by atoms with Crippen molar-refractivity contribution < 1.29 is 9.69 Å². The zero-order valence-corrected chi connectivity index (χ0v) is 14.4. The number of amides is 1. The van der Waals surface area contributed by atoms with Crippen molar-refractivity contribution >= 4 is 34.0 Å². The number of piperidine rings is 1. The van der Waals surface area contributed by atoms with Crippen molar-refractivity contribution in [1.29, 1.82) is 0 Å². The number of nitrogens with zero attached hydrogens (tertiary/aromatic N) is 2. The van der Waals surface area contributed by atoms with Crippen LogP contribution in [-0.2, 0) is 6.42 Å². The fourth-order valence-electron chi connectivity index (χ4n) is 2.80. The first-order valence-corrected chi connectivity index (χ1v) is 9.13. The summed E-state index contributed by atoms with van der Waals surface area (Å²) in [4.78, 5) is 13.8.